The van der Waals surface area contributed by atoms with Gasteiger partial charge < -0.3 is 10.2 Å². The van der Waals surface area contributed by atoms with Gasteiger partial charge in [-0.05, 0) is 30.2 Å². The average Bonchev–Trinajstić information content (AvgIpc) is 2.38. The van der Waals surface area contributed by atoms with Gasteiger partial charge in [0.2, 0.25) is 0 Å². The second kappa shape index (κ2) is 4.94. The molecule has 2 aromatic rings. The second-order valence-corrected chi connectivity index (χ2v) is 4.20. The van der Waals surface area contributed by atoms with E-state index in [2.05, 4.69) is 0 Å². The summed E-state index contributed by atoms with van der Waals surface area (Å²) in [5.41, 5.74) is 1.90. The van der Waals surface area contributed by atoms with Crippen LogP contribution in [0.15, 0.2) is 42.5 Å². The molecule has 4 nitrogen and oxygen atoms in total. The Balaban J connectivity index is 2.75. The SMILES string of the molecule is Cc1ccc(C(=O)O)c(-c2ccccc2C(=O)O)c1. The molecule has 0 amide bonds. The zero-order valence-electron chi connectivity index (χ0n) is 10.3. The highest BCUT2D eigenvalue weighted by Gasteiger charge is 2.17. The molecule has 2 rings (SSSR count). The maximum Gasteiger partial charge on any atom is 0.336 e. The highest BCUT2D eigenvalue weighted by atomic mass is 16.4. The van der Waals surface area contributed by atoms with Crippen LogP contribution in [0.4, 0.5) is 0 Å². The smallest absolute Gasteiger partial charge is 0.336 e. The van der Waals surface area contributed by atoms with Gasteiger partial charge in [0.25, 0.3) is 0 Å². The first-order chi connectivity index (χ1) is 9.00. The molecule has 0 bridgehead atoms. The third-order valence-corrected chi connectivity index (χ3v) is 2.85. The maximum absolute atomic E-state index is 11.2. The van der Waals surface area contributed by atoms with E-state index in [-0.39, 0.29) is 11.1 Å². The first-order valence-corrected chi connectivity index (χ1v) is 5.67. The van der Waals surface area contributed by atoms with E-state index < -0.39 is 11.9 Å². The van der Waals surface area contributed by atoms with Gasteiger partial charge in [-0.25, -0.2) is 9.59 Å². The highest BCUT2D eigenvalue weighted by Crippen LogP contribution is 2.28. The van der Waals surface area contributed by atoms with E-state index in [1.165, 1.54) is 12.1 Å². The summed E-state index contributed by atoms with van der Waals surface area (Å²) < 4.78 is 0. The van der Waals surface area contributed by atoms with E-state index in [9.17, 15) is 19.8 Å². The number of rotatable bonds is 3. The van der Waals surface area contributed by atoms with Gasteiger partial charge in [-0.3, -0.25) is 0 Å². The molecule has 4 heteroatoms. The summed E-state index contributed by atoms with van der Waals surface area (Å²) in [6, 6.07) is 11.3. The van der Waals surface area contributed by atoms with Crippen molar-refractivity contribution in [1.29, 1.82) is 0 Å². The van der Waals surface area contributed by atoms with Crippen molar-refractivity contribution in [2.45, 2.75) is 6.92 Å². The van der Waals surface area contributed by atoms with E-state index in [0.29, 0.717) is 11.1 Å². The zero-order valence-corrected chi connectivity index (χ0v) is 10.3. The van der Waals surface area contributed by atoms with Crippen molar-refractivity contribution in [2.75, 3.05) is 0 Å². The molecule has 0 radical (unpaired) electrons. The van der Waals surface area contributed by atoms with Crippen LogP contribution >= 0.6 is 0 Å². The minimum atomic E-state index is -1.08. The van der Waals surface area contributed by atoms with Crippen molar-refractivity contribution in [3.8, 4) is 11.1 Å². The lowest BCUT2D eigenvalue weighted by molar-refractivity contribution is 0.0684. The van der Waals surface area contributed by atoms with Crippen LogP contribution in [0.3, 0.4) is 0 Å². The Morgan fingerprint density at radius 2 is 1.42 bits per heavy atom. The monoisotopic (exact) mass is 256 g/mol. The van der Waals surface area contributed by atoms with Crippen LogP contribution in [0, 0.1) is 6.92 Å². The molecule has 96 valence electrons. The van der Waals surface area contributed by atoms with Gasteiger partial charge in [0.05, 0.1) is 11.1 Å². The van der Waals surface area contributed by atoms with Crippen LogP contribution in [0.1, 0.15) is 26.3 Å². The second-order valence-electron chi connectivity index (χ2n) is 4.20. The van der Waals surface area contributed by atoms with Crippen molar-refractivity contribution in [1.82, 2.24) is 0 Å². The molecule has 2 aromatic carbocycles. The molecule has 19 heavy (non-hydrogen) atoms. The lowest BCUT2D eigenvalue weighted by Crippen LogP contribution is -2.04. The van der Waals surface area contributed by atoms with Crippen molar-refractivity contribution in [2.24, 2.45) is 0 Å². The van der Waals surface area contributed by atoms with Crippen LogP contribution in [-0.2, 0) is 0 Å². The molecular formula is C15H12O4. The first kappa shape index (κ1) is 12.8. The number of hydrogen-bond acceptors (Lipinski definition) is 2. The molecule has 0 unspecified atom stereocenters. The summed E-state index contributed by atoms with van der Waals surface area (Å²) >= 11 is 0. The minimum Gasteiger partial charge on any atom is -0.478 e. The molecule has 0 atom stereocenters. The van der Waals surface area contributed by atoms with Crippen molar-refractivity contribution >= 4 is 11.9 Å². The predicted octanol–water partition coefficient (Wildman–Crippen LogP) is 3.06. The van der Waals surface area contributed by atoms with Gasteiger partial charge in [0.1, 0.15) is 0 Å². The summed E-state index contributed by atoms with van der Waals surface area (Å²) in [6.07, 6.45) is 0. The Labute approximate surface area is 109 Å². The molecule has 0 aliphatic carbocycles. The summed E-state index contributed by atoms with van der Waals surface area (Å²) in [5.74, 6) is -2.15. The van der Waals surface area contributed by atoms with Crippen LogP contribution in [0.25, 0.3) is 11.1 Å². The van der Waals surface area contributed by atoms with Gasteiger partial charge in [0.15, 0.2) is 0 Å². The first-order valence-electron chi connectivity index (χ1n) is 5.67. The van der Waals surface area contributed by atoms with Crippen molar-refractivity contribution in [3.63, 3.8) is 0 Å². The van der Waals surface area contributed by atoms with Gasteiger partial charge in [-0.1, -0.05) is 35.9 Å². The van der Waals surface area contributed by atoms with Gasteiger partial charge >= 0.3 is 11.9 Å². The lowest BCUT2D eigenvalue weighted by atomic mass is 9.94. The molecular weight excluding hydrogens is 244 g/mol. The fourth-order valence-corrected chi connectivity index (χ4v) is 1.97. The Kier molecular flexibility index (Phi) is 3.33. The van der Waals surface area contributed by atoms with Crippen LogP contribution in [-0.4, -0.2) is 22.2 Å². The predicted molar refractivity (Wildman–Crippen MR) is 70.5 cm³/mol. The summed E-state index contributed by atoms with van der Waals surface area (Å²) in [4.78, 5) is 22.5. The average molecular weight is 256 g/mol. The number of carboxylic acids is 2. The Morgan fingerprint density at radius 1 is 0.842 bits per heavy atom. The van der Waals surface area contributed by atoms with E-state index in [1.807, 2.05) is 6.92 Å². The fraction of sp³-hybridized carbons (Fsp3) is 0.0667. The summed E-state index contributed by atoms with van der Waals surface area (Å²) in [5, 5.41) is 18.4. The van der Waals surface area contributed by atoms with E-state index in [4.69, 9.17) is 0 Å². The Morgan fingerprint density at radius 3 is 2.05 bits per heavy atom. The molecule has 0 saturated carbocycles. The van der Waals surface area contributed by atoms with Gasteiger partial charge in [-0.15, -0.1) is 0 Å². The molecule has 0 saturated heterocycles. The third kappa shape index (κ3) is 2.47. The number of benzene rings is 2. The topological polar surface area (TPSA) is 74.6 Å². The van der Waals surface area contributed by atoms with E-state index >= 15 is 0 Å². The number of hydrogen-bond donors (Lipinski definition) is 2. The van der Waals surface area contributed by atoms with Crippen molar-refractivity contribution in [3.05, 3.63) is 59.2 Å². The Bertz CT molecular complexity index is 659. The molecule has 0 aliphatic heterocycles. The number of carboxylic acid groups (broad SMARTS) is 2. The van der Waals surface area contributed by atoms with Crippen LogP contribution in [0.2, 0.25) is 0 Å². The van der Waals surface area contributed by atoms with E-state index in [0.717, 1.165) is 5.56 Å². The van der Waals surface area contributed by atoms with E-state index in [1.54, 1.807) is 30.3 Å². The van der Waals surface area contributed by atoms with Crippen LogP contribution < -0.4 is 0 Å². The lowest BCUT2D eigenvalue weighted by Gasteiger charge is -2.10. The summed E-state index contributed by atoms with van der Waals surface area (Å²) in [7, 11) is 0. The third-order valence-electron chi connectivity index (χ3n) is 2.85. The fourth-order valence-electron chi connectivity index (χ4n) is 1.97. The standard InChI is InChI=1S/C15H12O4/c1-9-6-7-12(15(18)19)13(8-9)10-4-2-3-5-11(10)14(16)17/h2-8H,1H3,(H,16,17)(H,18,19). The van der Waals surface area contributed by atoms with Crippen LogP contribution in [0.5, 0.6) is 0 Å². The summed E-state index contributed by atoms with van der Waals surface area (Å²) in [6.45, 7) is 1.83. The maximum atomic E-state index is 11.2. The minimum absolute atomic E-state index is 0.0931. The largest absolute Gasteiger partial charge is 0.478 e. The Hall–Kier alpha value is -2.62. The number of carbonyl (C=O) groups is 2. The van der Waals surface area contributed by atoms with Gasteiger partial charge in [0, 0.05) is 0 Å². The van der Waals surface area contributed by atoms with Gasteiger partial charge in [-0.2, -0.15) is 0 Å². The van der Waals surface area contributed by atoms with Crippen molar-refractivity contribution < 1.29 is 19.8 Å². The zero-order chi connectivity index (χ0) is 14.0. The highest BCUT2D eigenvalue weighted by molar-refractivity contribution is 6.02. The number of aryl methyl sites for hydroxylation is 1. The molecule has 0 fully saturated rings. The molecule has 2 N–H and O–H groups in total. The number of aromatic carboxylic acids is 2. The molecule has 0 aromatic heterocycles. The molecule has 0 heterocycles. The quantitative estimate of drug-likeness (QED) is 0.885. The molecule has 0 spiro atoms. The normalized spacial score (nSPS) is 10.2. The molecule has 0 aliphatic rings.